The molecule has 1 aliphatic carbocycles. The van der Waals surface area contributed by atoms with E-state index in [1.807, 2.05) is 7.11 Å². The Morgan fingerprint density at radius 1 is 1.33 bits per heavy atom. The van der Waals surface area contributed by atoms with Crippen LogP contribution in [0.4, 0.5) is 0 Å². The summed E-state index contributed by atoms with van der Waals surface area (Å²) in [6, 6.07) is 0. The number of rotatable bonds is 5. The van der Waals surface area contributed by atoms with Gasteiger partial charge in [0.05, 0.1) is 6.10 Å². The zero-order valence-corrected chi connectivity index (χ0v) is 8.73. The molecule has 0 aromatic heterocycles. The van der Waals surface area contributed by atoms with Gasteiger partial charge in [-0.1, -0.05) is 33.1 Å². The SMILES string of the molecule is CCCCC1(CC)CC(OC)C1. The van der Waals surface area contributed by atoms with Crippen LogP contribution in [0.2, 0.25) is 0 Å². The fourth-order valence-electron chi connectivity index (χ4n) is 2.29. The third-order valence-electron chi connectivity index (χ3n) is 3.47. The fraction of sp³-hybridized carbons (Fsp3) is 1.00. The molecule has 0 N–H and O–H groups in total. The van der Waals surface area contributed by atoms with Crippen molar-refractivity contribution in [1.29, 1.82) is 0 Å². The molecule has 1 aliphatic rings. The van der Waals surface area contributed by atoms with E-state index in [9.17, 15) is 0 Å². The predicted molar refractivity (Wildman–Crippen MR) is 52.3 cm³/mol. The number of ether oxygens (including phenoxy) is 1. The van der Waals surface area contributed by atoms with Crippen LogP contribution < -0.4 is 0 Å². The first-order valence-corrected chi connectivity index (χ1v) is 5.29. The van der Waals surface area contributed by atoms with Crippen LogP contribution in [-0.4, -0.2) is 13.2 Å². The van der Waals surface area contributed by atoms with Gasteiger partial charge in [-0.3, -0.25) is 0 Å². The Bertz CT molecular complexity index is 119. The Hall–Kier alpha value is -0.0400. The van der Waals surface area contributed by atoms with E-state index >= 15 is 0 Å². The van der Waals surface area contributed by atoms with Gasteiger partial charge in [-0.15, -0.1) is 0 Å². The molecule has 0 aromatic rings. The van der Waals surface area contributed by atoms with E-state index in [2.05, 4.69) is 13.8 Å². The summed E-state index contributed by atoms with van der Waals surface area (Å²) >= 11 is 0. The molecule has 0 spiro atoms. The van der Waals surface area contributed by atoms with Gasteiger partial charge in [-0.25, -0.2) is 0 Å². The third-order valence-corrected chi connectivity index (χ3v) is 3.47. The molecular weight excluding hydrogens is 148 g/mol. The number of unbranched alkanes of at least 4 members (excludes halogenated alkanes) is 1. The summed E-state index contributed by atoms with van der Waals surface area (Å²) in [7, 11) is 1.84. The van der Waals surface area contributed by atoms with Gasteiger partial charge >= 0.3 is 0 Å². The predicted octanol–water partition coefficient (Wildman–Crippen LogP) is 3.38. The highest BCUT2D eigenvalue weighted by Gasteiger charge is 2.41. The molecule has 1 heteroatoms. The summed E-state index contributed by atoms with van der Waals surface area (Å²) < 4.78 is 5.32. The number of hydrogen-bond acceptors (Lipinski definition) is 1. The highest BCUT2D eigenvalue weighted by molar-refractivity contribution is 4.93. The maximum absolute atomic E-state index is 5.32. The fourth-order valence-corrected chi connectivity index (χ4v) is 2.29. The first-order chi connectivity index (χ1) is 5.76. The quantitative estimate of drug-likeness (QED) is 0.614. The summed E-state index contributed by atoms with van der Waals surface area (Å²) in [5, 5.41) is 0. The van der Waals surface area contributed by atoms with E-state index < -0.39 is 0 Å². The molecule has 0 unspecified atom stereocenters. The van der Waals surface area contributed by atoms with Crippen molar-refractivity contribution in [3.8, 4) is 0 Å². The number of hydrogen-bond donors (Lipinski definition) is 0. The molecule has 72 valence electrons. The van der Waals surface area contributed by atoms with Crippen LogP contribution in [0.15, 0.2) is 0 Å². The second-order valence-electron chi connectivity index (χ2n) is 4.22. The molecule has 0 aromatic carbocycles. The smallest absolute Gasteiger partial charge is 0.0582 e. The Morgan fingerprint density at radius 3 is 2.42 bits per heavy atom. The summed E-state index contributed by atoms with van der Waals surface area (Å²) in [5.74, 6) is 0. The molecule has 0 saturated heterocycles. The van der Waals surface area contributed by atoms with Crippen molar-refractivity contribution in [3.05, 3.63) is 0 Å². The lowest BCUT2D eigenvalue weighted by Gasteiger charge is -2.47. The van der Waals surface area contributed by atoms with E-state index in [0.29, 0.717) is 11.5 Å². The summed E-state index contributed by atoms with van der Waals surface area (Å²) in [6.07, 6.45) is 8.66. The van der Waals surface area contributed by atoms with Crippen molar-refractivity contribution in [3.63, 3.8) is 0 Å². The van der Waals surface area contributed by atoms with Gasteiger partial charge in [0.25, 0.3) is 0 Å². The van der Waals surface area contributed by atoms with E-state index in [4.69, 9.17) is 4.74 Å². The highest BCUT2D eigenvalue weighted by Crippen LogP contribution is 2.48. The van der Waals surface area contributed by atoms with Gasteiger partial charge in [-0.05, 0) is 24.7 Å². The normalized spacial score (nSPS) is 34.8. The zero-order valence-electron chi connectivity index (χ0n) is 8.73. The number of methoxy groups -OCH3 is 1. The Morgan fingerprint density at radius 2 is 2.00 bits per heavy atom. The lowest BCUT2D eigenvalue weighted by Crippen LogP contribution is -2.41. The minimum Gasteiger partial charge on any atom is -0.381 e. The molecule has 0 aliphatic heterocycles. The van der Waals surface area contributed by atoms with Crippen molar-refractivity contribution in [1.82, 2.24) is 0 Å². The molecule has 0 heterocycles. The monoisotopic (exact) mass is 170 g/mol. The molecule has 0 atom stereocenters. The second-order valence-corrected chi connectivity index (χ2v) is 4.22. The molecule has 0 radical (unpaired) electrons. The standard InChI is InChI=1S/C11H22O/c1-4-6-7-11(5-2)8-10(9-11)12-3/h10H,4-9H2,1-3H3. The maximum Gasteiger partial charge on any atom is 0.0582 e. The minimum atomic E-state index is 0.571. The van der Waals surface area contributed by atoms with Crippen LogP contribution in [0.1, 0.15) is 52.4 Å². The second kappa shape index (κ2) is 4.27. The lowest BCUT2D eigenvalue weighted by molar-refractivity contribution is -0.0665. The van der Waals surface area contributed by atoms with Gasteiger partial charge < -0.3 is 4.74 Å². The summed E-state index contributed by atoms with van der Waals surface area (Å²) in [6.45, 7) is 4.59. The average molecular weight is 170 g/mol. The van der Waals surface area contributed by atoms with Crippen molar-refractivity contribution >= 4 is 0 Å². The van der Waals surface area contributed by atoms with Gasteiger partial charge in [0.1, 0.15) is 0 Å². The molecule has 1 fully saturated rings. The highest BCUT2D eigenvalue weighted by atomic mass is 16.5. The van der Waals surface area contributed by atoms with Crippen LogP contribution in [0.3, 0.4) is 0 Å². The average Bonchev–Trinajstić information content (AvgIpc) is 2.04. The van der Waals surface area contributed by atoms with Crippen molar-refractivity contribution < 1.29 is 4.74 Å². The summed E-state index contributed by atoms with van der Waals surface area (Å²) in [4.78, 5) is 0. The van der Waals surface area contributed by atoms with Crippen LogP contribution in [-0.2, 0) is 4.74 Å². The molecular formula is C11H22O. The van der Waals surface area contributed by atoms with Gasteiger partial charge in [0.15, 0.2) is 0 Å². The molecule has 1 saturated carbocycles. The van der Waals surface area contributed by atoms with Gasteiger partial charge in [0.2, 0.25) is 0 Å². The summed E-state index contributed by atoms with van der Waals surface area (Å²) in [5.41, 5.74) is 0.663. The van der Waals surface area contributed by atoms with Crippen LogP contribution >= 0.6 is 0 Å². The maximum atomic E-state index is 5.32. The van der Waals surface area contributed by atoms with Gasteiger partial charge in [0, 0.05) is 7.11 Å². The minimum absolute atomic E-state index is 0.571. The van der Waals surface area contributed by atoms with Crippen LogP contribution in [0, 0.1) is 5.41 Å². The van der Waals surface area contributed by atoms with E-state index in [-0.39, 0.29) is 0 Å². The first-order valence-electron chi connectivity index (χ1n) is 5.29. The zero-order chi connectivity index (χ0) is 9.03. The van der Waals surface area contributed by atoms with Crippen molar-refractivity contribution in [2.24, 2.45) is 5.41 Å². The Balaban J connectivity index is 2.26. The topological polar surface area (TPSA) is 9.23 Å². The Labute approximate surface area is 76.5 Å². The largest absolute Gasteiger partial charge is 0.381 e. The molecule has 1 rings (SSSR count). The van der Waals surface area contributed by atoms with Gasteiger partial charge in [-0.2, -0.15) is 0 Å². The van der Waals surface area contributed by atoms with E-state index in [0.717, 1.165) is 0 Å². The van der Waals surface area contributed by atoms with Crippen LogP contribution in [0.25, 0.3) is 0 Å². The first kappa shape index (κ1) is 10.0. The van der Waals surface area contributed by atoms with E-state index in [1.54, 1.807) is 0 Å². The molecule has 1 nitrogen and oxygen atoms in total. The van der Waals surface area contributed by atoms with Crippen molar-refractivity contribution in [2.75, 3.05) is 7.11 Å². The molecule has 0 amide bonds. The van der Waals surface area contributed by atoms with Crippen molar-refractivity contribution in [2.45, 2.75) is 58.5 Å². The van der Waals surface area contributed by atoms with Crippen LogP contribution in [0.5, 0.6) is 0 Å². The third kappa shape index (κ3) is 2.01. The lowest BCUT2D eigenvalue weighted by atomic mass is 9.62. The molecule has 0 bridgehead atoms. The molecule has 12 heavy (non-hydrogen) atoms. The van der Waals surface area contributed by atoms with E-state index in [1.165, 1.54) is 38.5 Å². The Kier molecular flexibility index (Phi) is 3.57.